The lowest BCUT2D eigenvalue weighted by atomic mass is 9.98. The molecular formula is C19H30I2O2. The summed E-state index contributed by atoms with van der Waals surface area (Å²) < 4.78 is 0.901. The van der Waals surface area contributed by atoms with Crippen LogP contribution < -0.4 is 0 Å². The number of rotatable bonds is 12. The molecule has 0 saturated heterocycles. The number of halogens is 2. The van der Waals surface area contributed by atoms with Crippen LogP contribution in [-0.4, -0.2) is 26.8 Å². The minimum Gasteiger partial charge on any atom is -0.395 e. The molecule has 0 aliphatic heterocycles. The minimum absolute atomic E-state index is 0.0246. The number of unbranched alkanes of at least 4 members (excludes halogenated alkanes) is 5. The molecule has 0 atom stereocenters. The zero-order valence-corrected chi connectivity index (χ0v) is 18.5. The van der Waals surface area contributed by atoms with Gasteiger partial charge < -0.3 is 10.2 Å². The fourth-order valence-corrected chi connectivity index (χ4v) is 3.74. The Morgan fingerprint density at radius 1 is 0.957 bits per heavy atom. The van der Waals surface area contributed by atoms with Gasteiger partial charge in [0.25, 0.3) is 0 Å². The number of benzene rings is 1. The molecule has 132 valence electrons. The number of hydrogen-bond donors (Lipinski definition) is 2. The first-order valence-corrected chi connectivity index (χ1v) is 10.9. The van der Waals surface area contributed by atoms with E-state index in [9.17, 15) is 10.2 Å². The Hall–Kier alpha value is 0.600. The Labute approximate surface area is 168 Å². The van der Waals surface area contributed by atoms with Gasteiger partial charge in [0.15, 0.2) is 0 Å². The molecule has 4 heteroatoms. The smallest absolute Gasteiger partial charge is 0.0685 e. The van der Waals surface area contributed by atoms with Crippen molar-refractivity contribution in [2.75, 3.05) is 13.2 Å². The zero-order valence-electron chi connectivity index (χ0n) is 14.2. The van der Waals surface area contributed by atoms with E-state index in [1.54, 1.807) is 0 Å². The Kier molecular flexibility index (Phi) is 11.3. The molecule has 0 aliphatic rings. The Morgan fingerprint density at radius 2 is 1.61 bits per heavy atom. The van der Waals surface area contributed by atoms with Crippen molar-refractivity contribution in [2.45, 2.75) is 68.1 Å². The van der Waals surface area contributed by atoms with Gasteiger partial charge in [-0.05, 0) is 65.5 Å². The number of aliphatic hydroxyl groups excluding tert-OH is 2. The van der Waals surface area contributed by atoms with Gasteiger partial charge in [-0.1, -0.05) is 73.8 Å². The molecule has 1 aromatic rings. The van der Waals surface area contributed by atoms with Crippen molar-refractivity contribution in [3.05, 3.63) is 32.9 Å². The molecule has 0 fully saturated rings. The highest BCUT2D eigenvalue weighted by Crippen LogP contribution is 2.26. The van der Waals surface area contributed by atoms with Crippen LogP contribution in [0, 0.1) is 3.57 Å². The van der Waals surface area contributed by atoms with Gasteiger partial charge in [-0.15, -0.1) is 0 Å². The van der Waals surface area contributed by atoms with Gasteiger partial charge in [-0.25, -0.2) is 0 Å². The molecule has 1 aromatic carbocycles. The molecule has 0 heterocycles. The van der Waals surface area contributed by atoms with Gasteiger partial charge in [0.05, 0.1) is 16.6 Å². The topological polar surface area (TPSA) is 40.5 Å². The van der Waals surface area contributed by atoms with Crippen LogP contribution in [0.25, 0.3) is 0 Å². The number of aliphatic hydroxyl groups is 2. The number of alkyl halides is 1. The molecule has 0 amide bonds. The van der Waals surface area contributed by atoms with E-state index in [1.165, 1.54) is 59.6 Å². The van der Waals surface area contributed by atoms with Gasteiger partial charge in [0.1, 0.15) is 0 Å². The maximum Gasteiger partial charge on any atom is 0.0685 e. The lowest BCUT2D eigenvalue weighted by molar-refractivity contribution is 0.176. The first-order valence-electron chi connectivity index (χ1n) is 8.72. The van der Waals surface area contributed by atoms with Gasteiger partial charge in [0, 0.05) is 3.57 Å². The molecule has 0 bridgehead atoms. The van der Waals surface area contributed by atoms with Gasteiger partial charge >= 0.3 is 0 Å². The average Bonchev–Trinajstić information content (AvgIpc) is 2.57. The maximum absolute atomic E-state index is 9.38. The van der Waals surface area contributed by atoms with Crippen LogP contribution in [-0.2, 0) is 12.8 Å². The summed E-state index contributed by atoms with van der Waals surface area (Å²) in [5.74, 6) is 0. The first-order chi connectivity index (χ1) is 11.0. The van der Waals surface area contributed by atoms with Crippen LogP contribution >= 0.6 is 45.2 Å². The third-order valence-corrected chi connectivity index (χ3v) is 6.57. The predicted molar refractivity (Wildman–Crippen MR) is 115 cm³/mol. The van der Waals surface area contributed by atoms with E-state index in [4.69, 9.17) is 0 Å². The van der Waals surface area contributed by atoms with Crippen molar-refractivity contribution in [3.63, 3.8) is 0 Å². The van der Waals surface area contributed by atoms with Crippen molar-refractivity contribution in [1.29, 1.82) is 0 Å². The van der Waals surface area contributed by atoms with Gasteiger partial charge in [-0.2, -0.15) is 0 Å². The van der Waals surface area contributed by atoms with E-state index in [1.807, 2.05) is 0 Å². The van der Waals surface area contributed by atoms with Crippen molar-refractivity contribution in [2.24, 2.45) is 0 Å². The van der Waals surface area contributed by atoms with E-state index in [0.29, 0.717) is 0 Å². The summed E-state index contributed by atoms with van der Waals surface area (Å²) in [5.41, 5.74) is 2.75. The summed E-state index contributed by atoms with van der Waals surface area (Å²) in [6, 6.07) is 6.77. The van der Waals surface area contributed by atoms with Crippen LogP contribution in [0.15, 0.2) is 18.2 Å². The summed E-state index contributed by atoms with van der Waals surface area (Å²) in [6.45, 7) is 2.31. The molecule has 23 heavy (non-hydrogen) atoms. The fraction of sp³-hybridized carbons (Fsp3) is 0.684. The molecule has 0 unspecified atom stereocenters. The molecule has 0 aliphatic carbocycles. The van der Waals surface area contributed by atoms with E-state index in [0.717, 1.165) is 12.8 Å². The van der Waals surface area contributed by atoms with Gasteiger partial charge in [0.2, 0.25) is 0 Å². The van der Waals surface area contributed by atoms with Crippen molar-refractivity contribution in [3.8, 4) is 0 Å². The Bertz CT molecular complexity index is 445. The summed E-state index contributed by atoms with van der Waals surface area (Å²) in [7, 11) is 0. The molecule has 1 rings (SSSR count). The highest BCUT2D eigenvalue weighted by Gasteiger charge is 2.24. The summed E-state index contributed by atoms with van der Waals surface area (Å²) >= 11 is 4.59. The van der Waals surface area contributed by atoms with Gasteiger partial charge in [-0.3, -0.25) is 0 Å². The second-order valence-corrected chi connectivity index (χ2v) is 9.86. The number of aryl methyl sites for hydroxylation is 2. The molecular weight excluding hydrogens is 514 g/mol. The van der Waals surface area contributed by atoms with Crippen LogP contribution in [0.4, 0.5) is 0 Å². The van der Waals surface area contributed by atoms with E-state index >= 15 is 0 Å². The van der Waals surface area contributed by atoms with Crippen molar-refractivity contribution >= 4 is 45.2 Å². The van der Waals surface area contributed by atoms with Crippen LogP contribution in [0.1, 0.15) is 63.0 Å². The zero-order chi connectivity index (χ0) is 17.1. The quantitative estimate of drug-likeness (QED) is 0.214. The lowest BCUT2D eigenvalue weighted by Gasteiger charge is -2.22. The summed E-state index contributed by atoms with van der Waals surface area (Å²) in [4.78, 5) is 0. The lowest BCUT2D eigenvalue weighted by Crippen LogP contribution is -2.30. The predicted octanol–water partition coefficient (Wildman–Crippen LogP) is 5.29. The second-order valence-electron chi connectivity index (χ2n) is 6.41. The molecule has 0 saturated carbocycles. The molecule has 0 aromatic heterocycles. The highest BCUT2D eigenvalue weighted by molar-refractivity contribution is 14.1. The van der Waals surface area contributed by atoms with E-state index < -0.39 is 3.42 Å². The Balaban J connectivity index is 2.42. The summed E-state index contributed by atoms with van der Waals surface area (Å²) in [6.07, 6.45) is 10.9. The normalized spacial score (nSPS) is 11.9. The SMILES string of the molecule is CCCCCCCCc1ccc(CCC(I)(CO)CO)c(I)c1. The molecule has 0 spiro atoms. The highest BCUT2D eigenvalue weighted by atomic mass is 127. The van der Waals surface area contributed by atoms with Crippen molar-refractivity contribution < 1.29 is 10.2 Å². The molecule has 2 nitrogen and oxygen atoms in total. The average molecular weight is 544 g/mol. The van der Waals surface area contributed by atoms with Crippen LogP contribution in [0.5, 0.6) is 0 Å². The summed E-state index contributed by atoms with van der Waals surface area (Å²) in [5, 5.41) is 18.8. The fourth-order valence-electron chi connectivity index (χ4n) is 2.63. The second kappa shape index (κ2) is 12.0. The molecule has 2 N–H and O–H groups in total. The first kappa shape index (κ1) is 21.6. The third kappa shape index (κ3) is 8.50. The van der Waals surface area contributed by atoms with E-state index in [2.05, 4.69) is 70.3 Å². The number of hydrogen-bond acceptors (Lipinski definition) is 2. The largest absolute Gasteiger partial charge is 0.395 e. The molecule has 0 radical (unpaired) electrons. The van der Waals surface area contributed by atoms with Crippen LogP contribution in [0.3, 0.4) is 0 Å². The maximum atomic E-state index is 9.38. The monoisotopic (exact) mass is 544 g/mol. The Morgan fingerprint density at radius 3 is 2.22 bits per heavy atom. The standard InChI is InChI=1S/C19H30I2O2/c1-2-3-4-5-6-7-8-16-9-10-17(18(20)13-16)11-12-19(21,14-22)15-23/h9-10,13,22-23H,2-8,11-12,14-15H2,1H3. The van der Waals surface area contributed by atoms with Crippen LogP contribution in [0.2, 0.25) is 0 Å². The third-order valence-electron chi connectivity index (χ3n) is 4.35. The van der Waals surface area contributed by atoms with E-state index in [-0.39, 0.29) is 13.2 Å². The van der Waals surface area contributed by atoms with Crippen molar-refractivity contribution in [1.82, 2.24) is 0 Å². The minimum atomic E-state index is -0.405.